The molecule has 1 aliphatic rings. The van der Waals surface area contributed by atoms with Gasteiger partial charge in [0, 0.05) is 30.0 Å². The van der Waals surface area contributed by atoms with E-state index in [0.29, 0.717) is 12.1 Å². The number of halogens is 2. The van der Waals surface area contributed by atoms with Crippen LogP contribution in [0.4, 0.5) is 20.2 Å². The molecule has 1 heterocycles. The fraction of sp³-hybridized carbons (Fsp3) is 0.294. The van der Waals surface area contributed by atoms with Crippen LogP contribution in [0.3, 0.4) is 0 Å². The lowest BCUT2D eigenvalue weighted by Gasteiger charge is -2.23. The van der Waals surface area contributed by atoms with Gasteiger partial charge < -0.3 is 10.2 Å². The molecule has 21 heavy (non-hydrogen) atoms. The van der Waals surface area contributed by atoms with Crippen LogP contribution in [-0.4, -0.2) is 13.1 Å². The van der Waals surface area contributed by atoms with Crippen molar-refractivity contribution < 1.29 is 8.78 Å². The van der Waals surface area contributed by atoms with E-state index in [-0.39, 0.29) is 11.6 Å². The summed E-state index contributed by atoms with van der Waals surface area (Å²) in [5, 5.41) is 3.16. The molecule has 2 aromatic rings. The average Bonchev–Trinajstić information content (AvgIpc) is 2.88. The largest absolute Gasteiger partial charge is 0.340 e. The van der Waals surface area contributed by atoms with Crippen molar-refractivity contribution in [2.45, 2.75) is 19.9 Å². The number of hydrogen-bond acceptors (Lipinski definition) is 2. The lowest BCUT2D eigenvalue weighted by molar-refractivity contribution is 0.593. The Morgan fingerprint density at radius 1 is 1.14 bits per heavy atom. The van der Waals surface area contributed by atoms with E-state index in [4.69, 9.17) is 0 Å². The van der Waals surface area contributed by atoms with Gasteiger partial charge in [-0.25, -0.2) is 8.78 Å². The number of anilines is 2. The Morgan fingerprint density at radius 2 is 2.00 bits per heavy atom. The predicted molar refractivity (Wildman–Crippen MR) is 80.9 cm³/mol. The topological polar surface area (TPSA) is 15.3 Å². The summed E-state index contributed by atoms with van der Waals surface area (Å²) in [6, 6.07) is 9.90. The highest BCUT2D eigenvalue weighted by Gasteiger charge is 2.23. The van der Waals surface area contributed by atoms with Crippen LogP contribution in [0.15, 0.2) is 36.4 Å². The van der Waals surface area contributed by atoms with Crippen molar-refractivity contribution in [2.24, 2.45) is 0 Å². The molecule has 2 nitrogen and oxygen atoms in total. The number of fused-ring (bicyclic) bond motifs is 1. The Balaban J connectivity index is 2.03. The third-order valence-corrected chi connectivity index (χ3v) is 3.88. The van der Waals surface area contributed by atoms with Gasteiger partial charge in [-0.3, -0.25) is 0 Å². The second-order valence-corrected chi connectivity index (χ2v) is 5.19. The van der Waals surface area contributed by atoms with E-state index < -0.39 is 0 Å². The van der Waals surface area contributed by atoms with Gasteiger partial charge in [0.05, 0.1) is 0 Å². The van der Waals surface area contributed by atoms with E-state index in [1.54, 1.807) is 6.07 Å². The van der Waals surface area contributed by atoms with Crippen molar-refractivity contribution >= 4 is 11.4 Å². The molecule has 0 aromatic heterocycles. The summed E-state index contributed by atoms with van der Waals surface area (Å²) in [6.45, 7) is 3.99. The van der Waals surface area contributed by atoms with Crippen molar-refractivity contribution in [1.29, 1.82) is 0 Å². The van der Waals surface area contributed by atoms with Crippen LogP contribution in [0.25, 0.3) is 0 Å². The maximum atomic E-state index is 14.1. The van der Waals surface area contributed by atoms with Crippen LogP contribution in [-0.2, 0) is 13.0 Å². The zero-order chi connectivity index (χ0) is 14.8. The zero-order valence-corrected chi connectivity index (χ0v) is 12.0. The molecule has 0 atom stereocenters. The Bertz CT molecular complexity index is 655. The van der Waals surface area contributed by atoms with Gasteiger partial charge in [0.25, 0.3) is 0 Å². The molecular formula is C17H18F2N2. The van der Waals surface area contributed by atoms with Crippen LogP contribution in [0, 0.1) is 11.6 Å². The van der Waals surface area contributed by atoms with Crippen molar-refractivity contribution in [3.8, 4) is 0 Å². The molecule has 110 valence electrons. The minimum Gasteiger partial charge on any atom is -0.340 e. The molecule has 4 heteroatoms. The molecule has 0 fully saturated rings. The van der Waals surface area contributed by atoms with Crippen LogP contribution >= 0.6 is 0 Å². The summed E-state index contributed by atoms with van der Waals surface area (Å²) in [7, 11) is 0. The number of rotatable bonds is 4. The first-order valence-electron chi connectivity index (χ1n) is 7.24. The molecule has 0 spiro atoms. The molecule has 0 saturated carbocycles. The summed E-state index contributed by atoms with van der Waals surface area (Å²) < 4.78 is 27.7. The van der Waals surface area contributed by atoms with E-state index in [2.05, 4.69) is 5.32 Å². The zero-order valence-electron chi connectivity index (χ0n) is 12.0. The highest BCUT2D eigenvalue weighted by atomic mass is 19.1. The molecule has 3 rings (SSSR count). The van der Waals surface area contributed by atoms with Gasteiger partial charge in [0.2, 0.25) is 0 Å². The minimum absolute atomic E-state index is 0.224. The van der Waals surface area contributed by atoms with E-state index in [1.165, 1.54) is 18.2 Å². The molecule has 0 aliphatic carbocycles. The van der Waals surface area contributed by atoms with Crippen LogP contribution < -0.4 is 10.2 Å². The van der Waals surface area contributed by atoms with Gasteiger partial charge in [-0.05, 0) is 42.8 Å². The SMILES string of the molecule is CCNCc1c(F)cccc1N1CCc2ccc(F)cc21. The number of benzene rings is 2. The standard InChI is InChI=1S/C17H18F2N2/c1-2-20-11-14-15(19)4-3-5-16(14)21-9-8-12-6-7-13(18)10-17(12)21/h3-7,10,20H,2,8-9,11H2,1H3. The van der Waals surface area contributed by atoms with Crippen LogP contribution in [0.1, 0.15) is 18.1 Å². The van der Waals surface area contributed by atoms with Gasteiger partial charge in [-0.15, -0.1) is 0 Å². The first-order valence-corrected chi connectivity index (χ1v) is 7.24. The smallest absolute Gasteiger partial charge is 0.129 e. The van der Waals surface area contributed by atoms with E-state index in [0.717, 1.165) is 36.4 Å². The molecule has 2 aromatic carbocycles. The average molecular weight is 288 g/mol. The summed E-state index contributed by atoms with van der Waals surface area (Å²) in [4.78, 5) is 2.01. The van der Waals surface area contributed by atoms with Crippen molar-refractivity contribution in [3.63, 3.8) is 0 Å². The summed E-state index contributed by atoms with van der Waals surface area (Å²) in [6.07, 6.45) is 0.854. The van der Waals surface area contributed by atoms with Crippen LogP contribution in [0.5, 0.6) is 0 Å². The van der Waals surface area contributed by atoms with Gasteiger partial charge >= 0.3 is 0 Å². The lowest BCUT2D eigenvalue weighted by Crippen LogP contribution is -2.20. The summed E-state index contributed by atoms with van der Waals surface area (Å²) in [5.74, 6) is -0.483. The number of hydrogen-bond donors (Lipinski definition) is 1. The molecule has 0 radical (unpaired) electrons. The molecule has 1 aliphatic heterocycles. The quantitative estimate of drug-likeness (QED) is 0.921. The third-order valence-electron chi connectivity index (χ3n) is 3.88. The Labute approximate surface area is 123 Å². The Hall–Kier alpha value is -1.94. The second kappa shape index (κ2) is 5.82. The van der Waals surface area contributed by atoms with Gasteiger partial charge in [0.15, 0.2) is 0 Å². The monoisotopic (exact) mass is 288 g/mol. The first kappa shape index (κ1) is 14.0. The number of nitrogens with one attached hydrogen (secondary N) is 1. The lowest BCUT2D eigenvalue weighted by atomic mass is 10.1. The van der Waals surface area contributed by atoms with E-state index in [1.807, 2.05) is 24.0 Å². The normalized spacial score (nSPS) is 13.6. The maximum absolute atomic E-state index is 14.1. The molecule has 0 saturated heterocycles. The molecule has 1 N–H and O–H groups in total. The van der Waals surface area contributed by atoms with Gasteiger partial charge in [-0.2, -0.15) is 0 Å². The third kappa shape index (κ3) is 2.63. The van der Waals surface area contributed by atoms with E-state index in [9.17, 15) is 8.78 Å². The van der Waals surface area contributed by atoms with E-state index >= 15 is 0 Å². The summed E-state index contributed by atoms with van der Waals surface area (Å²) >= 11 is 0. The van der Waals surface area contributed by atoms with Crippen molar-refractivity contribution in [3.05, 3.63) is 59.2 Å². The maximum Gasteiger partial charge on any atom is 0.129 e. The summed E-state index contributed by atoms with van der Waals surface area (Å²) in [5.41, 5.74) is 3.41. The molecule has 0 bridgehead atoms. The molecule has 0 unspecified atom stereocenters. The van der Waals surface area contributed by atoms with Gasteiger partial charge in [-0.1, -0.05) is 19.1 Å². The number of nitrogens with zero attached hydrogens (tertiary/aromatic N) is 1. The van der Waals surface area contributed by atoms with Crippen molar-refractivity contribution in [1.82, 2.24) is 5.32 Å². The first-order chi connectivity index (χ1) is 10.2. The van der Waals surface area contributed by atoms with Crippen molar-refractivity contribution in [2.75, 3.05) is 18.0 Å². The second-order valence-electron chi connectivity index (χ2n) is 5.19. The molecular weight excluding hydrogens is 270 g/mol. The minimum atomic E-state index is -0.259. The molecule has 0 amide bonds. The van der Waals surface area contributed by atoms with Crippen LogP contribution in [0.2, 0.25) is 0 Å². The Morgan fingerprint density at radius 3 is 2.81 bits per heavy atom. The predicted octanol–water partition coefficient (Wildman–Crippen LogP) is 3.77. The highest BCUT2D eigenvalue weighted by molar-refractivity contribution is 5.72. The highest BCUT2D eigenvalue weighted by Crippen LogP contribution is 2.37. The fourth-order valence-electron chi connectivity index (χ4n) is 2.83. The Kier molecular flexibility index (Phi) is 3.88. The van der Waals surface area contributed by atoms with Gasteiger partial charge in [0.1, 0.15) is 11.6 Å². The fourth-order valence-corrected chi connectivity index (χ4v) is 2.83.